The lowest BCUT2D eigenvalue weighted by Gasteiger charge is -2.51. The van der Waals surface area contributed by atoms with E-state index in [1.54, 1.807) is 7.11 Å². The molecule has 1 saturated carbocycles. The lowest BCUT2D eigenvalue weighted by atomic mass is 9.60. The maximum absolute atomic E-state index is 12.5. The monoisotopic (exact) mass is 304 g/mol. The number of ether oxygens (including phenoxy) is 1. The first kappa shape index (κ1) is 16.0. The van der Waals surface area contributed by atoms with E-state index in [9.17, 15) is 9.59 Å². The normalized spacial score (nSPS) is 25.1. The molecule has 114 valence electrons. The third-order valence-corrected chi connectivity index (χ3v) is 7.67. The van der Waals surface area contributed by atoms with Gasteiger partial charge in [-0.05, 0) is 36.1 Å². The number of benzene rings is 1. The highest BCUT2D eigenvalue weighted by Crippen LogP contribution is 2.56. The minimum Gasteiger partial charge on any atom is -0.497 e. The van der Waals surface area contributed by atoms with Crippen LogP contribution in [0, 0.1) is 0 Å². The lowest BCUT2D eigenvalue weighted by Crippen LogP contribution is -2.53. The van der Waals surface area contributed by atoms with E-state index in [4.69, 9.17) is 4.74 Å². The zero-order chi connectivity index (χ0) is 15.8. The molecular weight excluding hydrogens is 280 g/mol. The Morgan fingerprint density at radius 3 is 2.05 bits per heavy atom. The molecule has 0 atom stereocenters. The molecule has 0 aliphatic heterocycles. The van der Waals surface area contributed by atoms with Crippen molar-refractivity contribution in [2.45, 2.75) is 50.4 Å². The van der Waals surface area contributed by atoms with Crippen LogP contribution < -0.4 is 4.74 Å². The minimum atomic E-state index is -1.28. The van der Waals surface area contributed by atoms with E-state index in [1.165, 1.54) is 6.92 Å². The van der Waals surface area contributed by atoms with Gasteiger partial charge in [0.05, 0.1) is 12.5 Å². The fourth-order valence-corrected chi connectivity index (χ4v) is 5.11. The number of rotatable bonds is 5. The quantitative estimate of drug-likeness (QED) is 0.617. The summed E-state index contributed by atoms with van der Waals surface area (Å²) in [6, 6.07) is 7.60. The van der Waals surface area contributed by atoms with Crippen molar-refractivity contribution in [3.05, 3.63) is 29.8 Å². The van der Waals surface area contributed by atoms with Crippen LogP contribution in [-0.2, 0) is 15.0 Å². The molecule has 0 N–H and O–H groups in total. The number of Topliss-reactive ketones (excluding diaryl/α,β-unsaturated/α-hetero) is 2. The van der Waals surface area contributed by atoms with Crippen molar-refractivity contribution in [2.24, 2.45) is 0 Å². The van der Waals surface area contributed by atoms with Crippen LogP contribution in [0.3, 0.4) is 0 Å². The molecule has 0 radical (unpaired) electrons. The van der Waals surface area contributed by atoms with Gasteiger partial charge in [0.15, 0.2) is 5.78 Å². The Morgan fingerprint density at radius 1 is 1.14 bits per heavy atom. The number of carbonyl (C=O) groups excluding carboxylic acids is 2. The molecule has 0 bridgehead atoms. The van der Waals surface area contributed by atoms with Gasteiger partial charge in [0.25, 0.3) is 0 Å². The Kier molecular flexibility index (Phi) is 4.11. The SMILES string of the molecule is COc1ccc(C2(C(=O)C(C)=O)CC([Si](C)(C)C)C2)cc1. The average Bonchev–Trinajstić information content (AvgIpc) is 2.36. The summed E-state index contributed by atoms with van der Waals surface area (Å²) in [5.74, 6) is 0.201. The zero-order valence-electron chi connectivity index (χ0n) is 13.5. The topological polar surface area (TPSA) is 43.4 Å². The van der Waals surface area contributed by atoms with Crippen LogP contribution >= 0.6 is 0 Å². The van der Waals surface area contributed by atoms with Crippen molar-refractivity contribution < 1.29 is 14.3 Å². The smallest absolute Gasteiger partial charge is 0.208 e. The number of hydrogen-bond donors (Lipinski definition) is 0. The molecule has 1 aliphatic rings. The summed E-state index contributed by atoms with van der Waals surface area (Å²) in [4.78, 5) is 24.2. The van der Waals surface area contributed by atoms with Gasteiger partial charge in [-0.3, -0.25) is 9.59 Å². The van der Waals surface area contributed by atoms with Crippen molar-refractivity contribution in [3.63, 3.8) is 0 Å². The molecule has 0 spiro atoms. The molecule has 21 heavy (non-hydrogen) atoms. The molecule has 0 heterocycles. The second-order valence-corrected chi connectivity index (χ2v) is 12.7. The summed E-state index contributed by atoms with van der Waals surface area (Å²) in [5, 5.41) is 0. The molecular formula is C17H24O3Si. The van der Waals surface area contributed by atoms with E-state index >= 15 is 0 Å². The second-order valence-electron chi connectivity index (χ2n) is 7.17. The summed E-state index contributed by atoms with van der Waals surface area (Å²) in [5.41, 5.74) is 0.962. The van der Waals surface area contributed by atoms with Crippen molar-refractivity contribution in [3.8, 4) is 5.75 Å². The predicted octanol–water partition coefficient (Wildman–Crippen LogP) is 3.59. The highest BCUT2D eigenvalue weighted by molar-refractivity contribution is 6.78. The van der Waals surface area contributed by atoms with E-state index in [1.807, 2.05) is 24.3 Å². The first-order chi connectivity index (χ1) is 9.70. The summed E-state index contributed by atoms with van der Waals surface area (Å²) in [7, 11) is 0.339. The van der Waals surface area contributed by atoms with Gasteiger partial charge in [-0.15, -0.1) is 0 Å². The molecule has 0 unspecified atom stereocenters. The fraction of sp³-hybridized carbons (Fsp3) is 0.529. The maximum atomic E-state index is 12.5. The van der Waals surface area contributed by atoms with Crippen LogP contribution in [0.2, 0.25) is 25.2 Å². The molecule has 0 saturated heterocycles. The van der Waals surface area contributed by atoms with Crippen LogP contribution in [0.5, 0.6) is 5.75 Å². The minimum absolute atomic E-state index is 0.234. The van der Waals surface area contributed by atoms with E-state index in [0.717, 1.165) is 24.2 Å². The van der Waals surface area contributed by atoms with Gasteiger partial charge in [0.1, 0.15) is 5.75 Å². The molecule has 1 aliphatic carbocycles. The third kappa shape index (κ3) is 2.82. The van der Waals surface area contributed by atoms with Gasteiger partial charge in [0, 0.05) is 15.0 Å². The first-order valence-corrected chi connectivity index (χ1v) is 11.0. The Labute approximate surface area is 127 Å². The third-order valence-electron chi connectivity index (χ3n) is 4.81. The van der Waals surface area contributed by atoms with E-state index in [2.05, 4.69) is 19.6 Å². The zero-order valence-corrected chi connectivity index (χ0v) is 14.5. The summed E-state index contributed by atoms with van der Waals surface area (Å²) in [6.07, 6.45) is 1.63. The summed E-state index contributed by atoms with van der Waals surface area (Å²) in [6.45, 7) is 8.37. The lowest BCUT2D eigenvalue weighted by molar-refractivity contribution is -0.141. The van der Waals surface area contributed by atoms with E-state index in [0.29, 0.717) is 5.54 Å². The largest absolute Gasteiger partial charge is 0.497 e. The Balaban J connectivity index is 2.34. The number of methoxy groups -OCH3 is 1. The Bertz CT molecular complexity index is 548. The Hall–Kier alpha value is -1.42. The van der Waals surface area contributed by atoms with Gasteiger partial charge in [-0.1, -0.05) is 31.8 Å². The van der Waals surface area contributed by atoms with E-state index in [-0.39, 0.29) is 11.6 Å². The van der Waals surface area contributed by atoms with Crippen molar-refractivity contribution in [1.29, 1.82) is 0 Å². The van der Waals surface area contributed by atoms with Gasteiger partial charge in [0.2, 0.25) is 5.78 Å². The summed E-state index contributed by atoms with van der Waals surface area (Å²) < 4.78 is 5.17. The van der Waals surface area contributed by atoms with Crippen LogP contribution in [0.15, 0.2) is 24.3 Å². The number of carbonyl (C=O) groups is 2. The predicted molar refractivity (Wildman–Crippen MR) is 86.7 cm³/mol. The summed E-state index contributed by atoms with van der Waals surface area (Å²) >= 11 is 0. The highest BCUT2D eigenvalue weighted by Gasteiger charge is 2.55. The molecule has 1 fully saturated rings. The van der Waals surface area contributed by atoms with E-state index < -0.39 is 13.5 Å². The van der Waals surface area contributed by atoms with Crippen LogP contribution in [0.1, 0.15) is 25.3 Å². The molecule has 1 aromatic carbocycles. The van der Waals surface area contributed by atoms with Crippen molar-refractivity contribution in [2.75, 3.05) is 7.11 Å². The second kappa shape index (κ2) is 5.41. The van der Waals surface area contributed by atoms with Crippen LogP contribution in [0.25, 0.3) is 0 Å². The maximum Gasteiger partial charge on any atom is 0.208 e. The average molecular weight is 304 g/mol. The number of ketones is 2. The Morgan fingerprint density at radius 2 is 1.67 bits per heavy atom. The van der Waals surface area contributed by atoms with Gasteiger partial charge >= 0.3 is 0 Å². The standard InChI is InChI=1S/C17H24O3Si/c1-12(18)16(19)17(10-15(11-17)21(3,4)5)13-6-8-14(20-2)9-7-13/h6-9,15H,10-11H2,1-5H3. The molecule has 2 rings (SSSR count). The molecule has 4 heteroatoms. The molecule has 3 nitrogen and oxygen atoms in total. The molecule has 0 aromatic heterocycles. The van der Waals surface area contributed by atoms with Gasteiger partial charge in [-0.2, -0.15) is 0 Å². The van der Waals surface area contributed by atoms with Gasteiger partial charge < -0.3 is 4.74 Å². The van der Waals surface area contributed by atoms with Crippen LogP contribution in [0.4, 0.5) is 0 Å². The highest BCUT2D eigenvalue weighted by atomic mass is 28.3. The fourth-order valence-electron chi connectivity index (χ4n) is 3.19. The van der Waals surface area contributed by atoms with Crippen molar-refractivity contribution in [1.82, 2.24) is 0 Å². The van der Waals surface area contributed by atoms with Gasteiger partial charge in [-0.25, -0.2) is 0 Å². The van der Waals surface area contributed by atoms with Crippen LogP contribution in [-0.4, -0.2) is 26.8 Å². The number of hydrogen-bond acceptors (Lipinski definition) is 3. The first-order valence-electron chi connectivity index (χ1n) is 7.40. The molecule has 1 aromatic rings. The molecule has 0 amide bonds. The van der Waals surface area contributed by atoms with Crippen molar-refractivity contribution >= 4 is 19.6 Å².